The number of aliphatic carboxylic acids is 2. The van der Waals surface area contributed by atoms with Crippen LogP contribution in [0.2, 0.25) is 0 Å². The summed E-state index contributed by atoms with van der Waals surface area (Å²) >= 11 is 0. The van der Waals surface area contributed by atoms with Gasteiger partial charge in [0.1, 0.15) is 5.92 Å². The second-order valence-electron chi connectivity index (χ2n) is 7.46. The molecule has 1 atom stereocenters. The molecule has 0 aliphatic carbocycles. The zero-order chi connectivity index (χ0) is 19.3. The van der Waals surface area contributed by atoms with Crippen molar-refractivity contribution in [3.05, 3.63) is 0 Å². The number of carbonyl (C=O) groups is 2. The van der Waals surface area contributed by atoms with E-state index < -0.39 is 30.1 Å². The van der Waals surface area contributed by atoms with Gasteiger partial charge >= 0.3 is 11.9 Å². The van der Waals surface area contributed by atoms with E-state index in [4.69, 9.17) is 14.9 Å². The molecule has 2 N–H and O–H groups in total. The van der Waals surface area contributed by atoms with Crippen LogP contribution in [0.15, 0.2) is 0 Å². The normalized spacial score (nSPS) is 16.3. The van der Waals surface area contributed by atoms with E-state index >= 15 is 0 Å². The van der Waals surface area contributed by atoms with Gasteiger partial charge in [0, 0.05) is 6.42 Å². The van der Waals surface area contributed by atoms with Gasteiger partial charge in [0.15, 0.2) is 0 Å². The van der Waals surface area contributed by atoms with E-state index in [1.165, 1.54) is 64.2 Å². The molecule has 0 amide bonds. The molecule has 0 aromatic carbocycles. The van der Waals surface area contributed by atoms with Crippen LogP contribution in [0.1, 0.15) is 103 Å². The first kappa shape index (κ1) is 22.9. The van der Waals surface area contributed by atoms with Gasteiger partial charge in [0.2, 0.25) is 5.79 Å². The third kappa shape index (κ3) is 9.53. The summed E-state index contributed by atoms with van der Waals surface area (Å²) in [5, 5.41) is 18.0. The Bertz CT molecular complexity index is 405. The molecule has 1 fully saturated rings. The van der Waals surface area contributed by atoms with E-state index in [2.05, 4.69) is 6.92 Å². The van der Waals surface area contributed by atoms with Crippen molar-refractivity contribution in [3.8, 4) is 0 Å². The lowest BCUT2D eigenvalue weighted by Crippen LogP contribution is -2.33. The first-order valence-corrected chi connectivity index (χ1v) is 10.3. The molecule has 1 aliphatic rings. The molecule has 26 heavy (non-hydrogen) atoms. The summed E-state index contributed by atoms with van der Waals surface area (Å²) in [6.45, 7) is 2.24. The van der Waals surface area contributed by atoms with Crippen molar-refractivity contribution >= 4 is 11.9 Å². The number of carboxylic acid groups (broad SMARTS) is 2. The van der Waals surface area contributed by atoms with Crippen LogP contribution in [0.25, 0.3) is 0 Å². The summed E-state index contributed by atoms with van der Waals surface area (Å²) < 4.78 is 0. The van der Waals surface area contributed by atoms with Crippen molar-refractivity contribution in [1.82, 2.24) is 0 Å². The maximum atomic E-state index is 11.2. The maximum absolute atomic E-state index is 11.2. The van der Waals surface area contributed by atoms with Crippen LogP contribution in [0, 0.1) is 5.92 Å². The Hall–Kier alpha value is -1.14. The van der Waals surface area contributed by atoms with E-state index in [1.807, 2.05) is 0 Å². The lowest BCUT2D eigenvalue weighted by Gasteiger charge is -2.14. The smallest absolute Gasteiger partial charge is 0.312 e. The summed E-state index contributed by atoms with van der Waals surface area (Å²) in [5.74, 6) is -4.69. The van der Waals surface area contributed by atoms with Gasteiger partial charge in [-0.1, -0.05) is 84.0 Å². The number of rotatable bonds is 18. The summed E-state index contributed by atoms with van der Waals surface area (Å²) in [7, 11) is 0. The zero-order valence-corrected chi connectivity index (χ0v) is 16.2. The summed E-state index contributed by atoms with van der Waals surface area (Å²) in [6.07, 6.45) is 16.1. The molecule has 1 aliphatic heterocycles. The monoisotopic (exact) mass is 372 g/mol. The molecule has 0 bridgehead atoms. The number of hydrogen-bond donors (Lipinski definition) is 2. The number of hydrogen-bond acceptors (Lipinski definition) is 4. The topological polar surface area (TPSA) is 99.7 Å². The number of carboxylic acids is 2. The lowest BCUT2D eigenvalue weighted by atomic mass is 9.91. The van der Waals surface area contributed by atoms with Gasteiger partial charge in [-0.05, 0) is 6.42 Å². The molecule has 152 valence electrons. The largest absolute Gasteiger partial charge is 0.481 e. The summed E-state index contributed by atoms with van der Waals surface area (Å²) in [6, 6.07) is 0. The highest BCUT2D eigenvalue weighted by atomic mass is 17.4. The minimum Gasteiger partial charge on any atom is -0.481 e. The Kier molecular flexibility index (Phi) is 11.5. The Balaban J connectivity index is 1.98. The predicted molar refractivity (Wildman–Crippen MR) is 98.6 cm³/mol. The Morgan fingerprint density at radius 3 is 1.54 bits per heavy atom. The Morgan fingerprint density at radius 1 is 0.769 bits per heavy atom. The molecule has 6 nitrogen and oxygen atoms in total. The van der Waals surface area contributed by atoms with E-state index in [9.17, 15) is 14.7 Å². The average molecular weight is 373 g/mol. The van der Waals surface area contributed by atoms with Gasteiger partial charge in [-0.15, -0.1) is 0 Å². The van der Waals surface area contributed by atoms with Gasteiger partial charge in [0.25, 0.3) is 0 Å². The molecule has 0 aromatic heterocycles. The van der Waals surface area contributed by atoms with Gasteiger partial charge in [0.05, 0.1) is 6.42 Å². The molecule has 1 unspecified atom stereocenters. The van der Waals surface area contributed by atoms with Crippen LogP contribution in [0.5, 0.6) is 0 Å². The molecule has 0 spiro atoms. The van der Waals surface area contributed by atoms with E-state index in [-0.39, 0.29) is 0 Å². The van der Waals surface area contributed by atoms with E-state index in [1.54, 1.807) is 0 Å². The molecule has 1 heterocycles. The Labute approximate surface area is 157 Å². The zero-order valence-electron chi connectivity index (χ0n) is 16.2. The van der Waals surface area contributed by atoms with Crippen LogP contribution >= 0.6 is 0 Å². The van der Waals surface area contributed by atoms with Gasteiger partial charge in [-0.25, -0.2) is 0 Å². The van der Waals surface area contributed by atoms with Crippen LogP contribution in [-0.4, -0.2) is 27.9 Å². The SMILES string of the molecule is CCCCCCCCCCCCCCCC1(C(CC(=O)O)C(=O)O)OO1. The highest BCUT2D eigenvalue weighted by Gasteiger charge is 2.58. The standard InChI is InChI=1S/C20H36O6/c1-2-3-4-5-6-7-8-9-10-11-12-13-14-15-20(25-26-20)17(19(23)24)16-18(21)22/h17H,2-16H2,1H3,(H,21,22)(H,23,24). The third-order valence-electron chi connectivity index (χ3n) is 5.13. The predicted octanol–water partition coefficient (Wildman–Crippen LogP) is 5.30. The fourth-order valence-corrected chi connectivity index (χ4v) is 3.42. The molecular weight excluding hydrogens is 336 g/mol. The van der Waals surface area contributed by atoms with Crippen molar-refractivity contribution < 1.29 is 29.6 Å². The first-order chi connectivity index (χ1) is 12.5. The minimum atomic E-state index is -1.22. The second kappa shape index (κ2) is 13.1. The van der Waals surface area contributed by atoms with Crippen LogP contribution < -0.4 is 0 Å². The lowest BCUT2D eigenvalue weighted by molar-refractivity contribution is -0.151. The molecule has 1 saturated heterocycles. The molecule has 0 aromatic rings. The fourth-order valence-electron chi connectivity index (χ4n) is 3.42. The van der Waals surface area contributed by atoms with Crippen molar-refractivity contribution in [2.45, 2.75) is 109 Å². The number of unbranched alkanes of at least 4 members (excludes halogenated alkanes) is 12. The second-order valence-corrected chi connectivity index (χ2v) is 7.46. The first-order valence-electron chi connectivity index (χ1n) is 10.3. The quantitative estimate of drug-likeness (QED) is 0.192. The van der Waals surface area contributed by atoms with Crippen molar-refractivity contribution in [2.75, 3.05) is 0 Å². The fraction of sp³-hybridized carbons (Fsp3) is 0.900. The van der Waals surface area contributed by atoms with Crippen molar-refractivity contribution in [2.24, 2.45) is 5.92 Å². The average Bonchev–Trinajstić information content (AvgIpc) is 3.37. The molecular formula is C20H36O6. The van der Waals surface area contributed by atoms with Crippen molar-refractivity contribution in [3.63, 3.8) is 0 Å². The summed E-state index contributed by atoms with van der Waals surface area (Å²) in [4.78, 5) is 31.8. The maximum Gasteiger partial charge on any atom is 0.312 e. The molecule has 0 saturated carbocycles. The van der Waals surface area contributed by atoms with Gasteiger partial charge in [-0.2, -0.15) is 9.78 Å². The van der Waals surface area contributed by atoms with Gasteiger partial charge in [-0.3, -0.25) is 9.59 Å². The highest BCUT2D eigenvalue weighted by molar-refractivity contribution is 5.78. The third-order valence-corrected chi connectivity index (χ3v) is 5.13. The van der Waals surface area contributed by atoms with Crippen LogP contribution in [0.3, 0.4) is 0 Å². The molecule has 1 rings (SSSR count). The van der Waals surface area contributed by atoms with E-state index in [0.29, 0.717) is 6.42 Å². The summed E-state index contributed by atoms with van der Waals surface area (Å²) in [5.41, 5.74) is 0. The van der Waals surface area contributed by atoms with Crippen LogP contribution in [-0.2, 0) is 19.4 Å². The molecule has 0 radical (unpaired) electrons. The van der Waals surface area contributed by atoms with E-state index in [0.717, 1.165) is 19.3 Å². The van der Waals surface area contributed by atoms with Crippen LogP contribution in [0.4, 0.5) is 0 Å². The molecule has 6 heteroatoms. The van der Waals surface area contributed by atoms with Crippen molar-refractivity contribution in [1.29, 1.82) is 0 Å². The van der Waals surface area contributed by atoms with Gasteiger partial charge < -0.3 is 10.2 Å². The highest BCUT2D eigenvalue weighted by Crippen LogP contribution is 2.44. The minimum absolute atomic E-state index is 0.439. The Morgan fingerprint density at radius 2 is 1.19 bits per heavy atom.